The lowest BCUT2D eigenvalue weighted by Gasteiger charge is -1.79. The van der Waals surface area contributed by atoms with Crippen molar-refractivity contribution in [2.24, 2.45) is 5.11 Å². The summed E-state index contributed by atoms with van der Waals surface area (Å²) in [6.07, 6.45) is 1.69. The highest BCUT2D eigenvalue weighted by Crippen LogP contribution is 2.19. The first kappa shape index (κ1) is 7.53. The Bertz CT molecular complexity index is 264. The normalized spacial score (nSPS) is 8.90. The molecule has 0 atom stereocenters. The summed E-state index contributed by atoms with van der Waals surface area (Å²) in [7, 11) is 0. The van der Waals surface area contributed by atoms with E-state index in [-0.39, 0.29) is 0 Å². The standard InChI is InChI=1S/C4H3BrN4S/c5-3-1-7-4(10-3)2-8-9-6/h1H,2H2. The third-order valence-electron chi connectivity index (χ3n) is 0.795. The van der Waals surface area contributed by atoms with E-state index in [0.29, 0.717) is 6.54 Å². The van der Waals surface area contributed by atoms with Crippen molar-refractivity contribution in [3.63, 3.8) is 0 Å². The van der Waals surface area contributed by atoms with E-state index >= 15 is 0 Å². The summed E-state index contributed by atoms with van der Waals surface area (Å²) >= 11 is 4.71. The van der Waals surface area contributed by atoms with Crippen LogP contribution in [-0.2, 0) is 6.54 Å². The summed E-state index contributed by atoms with van der Waals surface area (Å²) in [6, 6.07) is 0. The summed E-state index contributed by atoms with van der Waals surface area (Å²) in [5.74, 6) is 0. The number of rotatable bonds is 2. The number of thiazole rings is 1. The molecule has 0 aliphatic rings. The van der Waals surface area contributed by atoms with Crippen molar-refractivity contribution in [1.29, 1.82) is 0 Å². The largest absolute Gasteiger partial charge is 0.248 e. The number of hydrogen-bond donors (Lipinski definition) is 0. The van der Waals surface area contributed by atoms with Crippen molar-refractivity contribution in [1.82, 2.24) is 4.98 Å². The smallest absolute Gasteiger partial charge is 0.0994 e. The van der Waals surface area contributed by atoms with Gasteiger partial charge in [-0.15, -0.1) is 11.3 Å². The van der Waals surface area contributed by atoms with Crippen LogP contribution < -0.4 is 0 Å². The Morgan fingerprint density at radius 2 is 2.70 bits per heavy atom. The van der Waals surface area contributed by atoms with E-state index < -0.39 is 0 Å². The zero-order valence-electron chi connectivity index (χ0n) is 4.86. The third-order valence-corrected chi connectivity index (χ3v) is 2.26. The summed E-state index contributed by atoms with van der Waals surface area (Å²) < 4.78 is 0.954. The van der Waals surface area contributed by atoms with Crippen LogP contribution >= 0.6 is 27.3 Å². The van der Waals surface area contributed by atoms with Crippen molar-refractivity contribution in [3.8, 4) is 0 Å². The molecule has 1 aromatic rings. The molecule has 4 nitrogen and oxygen atoms in total. The summed E-state index contributed by atoms with van der Waals surface area (Å²) in [5.41, 5.74) is 7.96. The third kappa shape index (κ3) is 1.98. The Kier molecular flexibility index (Phi) is 2.68. The minimum atomic E-state index is 0.340. The van der Waals surface area contributed by atoms with E-state index in [4.69, 9.17) is 5.53 Å². The van der Waals surface area contributed by atoms with Crippen molar-refractivity contribution in [2.45, 2.75) is 6.54 Å². The molecule has 1 rings (SSSR count). The Morgan fingerprint density at radius 3 is 3.20 bits per heavy atom. The fraction of sp³-hybridized carbons (Fsp3) is 0.250. The van der Waals surface area contributed by atoms with Crippen molar-refractivity contribution in [3.05, 3.63) is 25.4 Å². The minimum absolute atomic E-state index is 0.340. The van der Waals surface area contributed by atoms with Crippen molar-refractivity contribution >= 4 is 27.3 Å². The van der Waals surface area contributed by atoms with Crippen LogP contribution in [0.3, 0.4) is 0 Å². The zero-order chi connectivity index (χ0) is 7.40. The molecule has 0 aliphatic heterocycles. The average Bonchev–Trinajstić information content (AvgIpc) is 2.31. The lowest BCUT2D eigenvalue weighted by atomic mass is 10.7. The van der Waals surface area contributed by atoms with Gasteiger partial charge in [0.05, 0.1) is 21.5 Å². The van der Waals surface area contributed by atoms with Crippen LogP contribution in [0, 0.1) is 0 Å². The fourth-order valence-corrected chi connectivity index (χ4v) is 1.67. The fourth-order valence-electron chi connectivity index (χ4n) is 0.453. The molecule has 0 radical (unpaired) electrons. The predicted molar refractivity (Wildman–Crippen MR) is 42.7 cm³/mol. The molecule has 10 heavy (non-hydrogen) atoms. The van der Waals surface area contributed by atoms with Crippen LogP contribution in [0.2, 0.25) is 0 Å². The van der Waals surface area contributed by atoms with Gasteiger partial charge in [0.15, 0.2) is 0 Å². The molecule has 0 spiro atoms. The van der Waals surface area contributed by atoms with E-state index in [1.807, 2.05) is 0 Å². The molecule has 0 saturated heterocycles. The quantitative estimate of drug-likeness (QED) is 0.428. The first-order chi connectivity index (χ1) is 4.83. The zero-order valence-corrected chi connectivity index (χ0v) is 7.26. The number of aromatic nitrogens is 1. The van der Waals surface area contributed by atoms with Gasteiger partial charge in [-0.1, -0.05) is 5.11 Å². The molecule has 1 heterocycles. The van der Waals surface area contributed by atoms with Crippen LogP contribution in [0.1, 0.15) is 5.01 Å². The highest BCUT2D eigenvalue weighted by molar-refractivity contribution is 9.11. The SMILES string of the molecule is [N-]=[N+]=NCc1ncc(Br)s1. The number of azide groups is 1. The van der Waals surface area contributed by atoms with Gasteiger partial charge < -0.3 is 0 Å². The second-order valence-electron chi connectivity index (χ2n) is 1.45. The van der Waals surface area contributed by atoms with E-state index in [1.165, 1.54) is 11.3 Å². The monoisotopic (exact) mass is 218 g/mol. The highest BCUT2D eigenvalue weighted by atomic mass is 79.9. The molecule has 0 aromatic carbocycles. The highest BCUT2D eigenvalue weighted by Gasteiger charge is 1.95. The van der Waals surface area contributed by atoms with Crippen molar-refractivity contribution in [2.75, 3.05) is 0 Å². The molecule has 0 unspecified atom stereocenters. The Morgan fingerprint density at radius 1 is 1.90 bits per heavy atom. The van der Waals surface area contributed by atoms with Gasteiger partial charge in [0.25, 0.3) is 0 Å². The van der Waals surface area contributed by atoms with Gasteiger partial charge in [0.2, 0.25) is 0 Å². The Balaban J connectivity index is 2.66. The summed E-state index contributed by atoms with van der Waals surface area (Å²) in [5, 5.41) is 4.19. The number of nitrogens with zero attached hydrogens (tertiary/aromatic N) is 4. The van der Waals surface area contributed by atoms with Gasteiger partial charge in [0.1, 0.15) is 0 Å². The molecule has 0 N–H and O–H groups in total. The molecule has 6 heteroatoms. The molecule has 0 amide bonds. The van der Waals surface area contributed by atoms with Crippen LogP contribution in [0.15, 0.2) is 15.1 Å². The molecule has 0 saturated carbocycles. The van der Waals surface area contributed by atoms with E-state index in [9.17, 15) is 0 Å². The Labute approximate surface area is 69.7 Å². The topological polar surface area (TPSA) is 61.7 Å². The summed E-state index contributed by atoms with van der Waals surface area (Å²) in [4.78, 5) is 6.58. The average molecular weight is 219 g/mol. The van der Waals surface area contributed by atoms with Gasteiger partial charge in [-0.2, -0.15) is 0 Å². The minimum Gasteiger partial charge on any atom is -0.248 e. The molecule has 0 fully saturated rings. The number of halogens is 1. The van der Waals surface area contributed by atoms with Crippen LogP contribution in [0.4, 0.5) is 0 Å². The van der Waals surface area contributed by atoms with Crippen LogP contribution in [-0.4, -0.2) is 4.98 Å². The molecule has 1 aromatic heterocycles. The van der Waals surface area contributed by atoms with Gasteiger partial charge in [-0.25, -0.2) is 4.98 Å². The molecular weight excluding hydrogens is 216 g/mol. The lowest BCUT2D eigenvalue weighted by molar-refractivity contribution is 1.02. The van der Waals surface area contributed by atoms with Gasteiger partial charge in [-0.05, 0) is 21.5 Å². The predicted octanol–water partition coefficient (Wildman–Crippen LogP) is 2.72. The van der Waals surface area contributed by atoms with Gasteiger partial charge in [0, 0.05) is 4.91 Å². The van der Waals surface area contributed by atoms with Crippen molar-refractivity contribution < 1.29 is 0 Å². The first-order valence-corrected chi connectivity index (χ1v) is 4.05. The lowest BCUT2D eigenvalue weighted by Crippen LogP contribution is -1.73. The van der Waals surface area contributed by atoms with E-state index in [0.717, 1.165) is 8.79 Å². The van der Waals surface area contributed by atoms with Crippen LogP contribution in [0.5, 0.6) is 0 Å². The van der Waals surface area contributed by atoms with E-state index in [1.54, 1.807) is 6.20 Å². The molecule has 0 aliphatic carbocycles. The maximum absolute atomic E-state index is 7.96. The van der Waals surface area contributed by atoms with Gasteiger partial charge >= 0.3 is 0 Å². The van der Waals surface area contributed by atoms with Crippen LogP contribution in [0.25, 0.3) is 10.4 Å². The second kappa shape index (κ2) is 3.55. The van der Waals surface area contributed by atoms with Gasteiger partial charge in [-0.3, -0.25) is 0 Å². The maximum atomic E-state index is 7.96. The summed E-state index contributed by atoms with van der Waals surface area (Å²) in [6.45, 7) is 0.340. The maximum Gasteiger partial charge on any atom is 0.0994 e. The molecule has 52 valence electrons. The number of hydrogen-bond acceptors (Lipinski definition) is 3. The molecular formula is C4H3BrN4S. The first-order valence-electron chi connectivity index (χ1n) is 2.44. The second-order valence-corrected chi connectivity index (χ2v) is 3.94. The Hall–Kier alpha value is -0.580. The molecule has 0 bridgehead atoms. The van der Waals surface area contributed by atoms with E-state index in [2.05, 4.69) is 30.9 Å².